The van der Waals surface area contributed by atoms with Crippen LogP contribution in [0.5, 0.6) is 0 Å². The first kappa shape index (κ1) is 13.8. The number of rotatable bonds is 3. The van der Waals surface area contributed by atoms with Gasteiger partial charge in [-0.25, -0.2) is 15.0 Å². The van der Waals surface area contributed by atoms with Crippen molar-refractivity contribution in [1.82, 2.24) is 19.9 Å². The zero-order valence-corrected chi connectivity index (χ0v) is 12.0. The number of non-ortho nitro benzene ring substituents is 1. The summed E-state index contributed by atoms with van der Waals surface area (Å²) in [4.78, 5) is 29.2. The van der Waals surface area contributed by atoms with E-state index in [0.717, 1.165) is 0 Å². The molecule has 110 valence electrons. The van der Waals surface area contributed by atoms with Gasteiger partial charge in [0.15, 0.2) is 5.52 Å². The van der Waals surface area contributed by atoms with E-state index in [4.69, 9.17) is 0 Å². The van der Waals surface area contributed by atoms with Crippen LogP contribution in [0.4, 0.5) is 11.6 Å². The zero-order chi connectivity index (χ0) is 15.7. The van der Waals surface area contributed by atoms with E-state index in [2.05, 4.69) is 19.9 Å². The molecule has 2 heterocycles. The molecule has 0 radical (unpaired) electrons. The van der Waals surface area contributed by atoms with Crippen molar-refractivity contribution in [2.24, 2.45) is 4.99 Å². The number of aromatic nitrogens is 3. The van der Waals surface area contributed by atoms with Gasteiger partial charge in [-0.1, -0.05) is 0 Å². The third kappa shape index (κ3) is 2.41. The Morgan fingerprint density at radius 2 is 2.14 bits per heavy atom. The first-order valence-electron chi connectivity index (χ1n) is 6.45. The van der Waals surface area contributed by atoms with Crippen molar-refractivity contribution in [3.05, 3.63) is 40.8 Å². The van der Waals surface area contributed by atoms with Crippen LogP contribution in [0.3, 0.4) is 0 Å². The molecule has 8 nitrogen and oxygen atoms in total. The third-order valence-electron chi connectivity index (χ3n) is 3.03. The van der Waals surface area contributed by atoms with E-state index in [-0.39, 0.29) is 17.2 Å². The quantitative estimate of drug-likeness (QED) is 0.242. The fourth-order valence-corrected chi connectivity index (χ4v) is 2.12. The lowest BCUT2D eigenvalue weighted by Gasteiger charge is -2.05. The molecule has 3 rings (SSSR count). The van der Waals surface area contributed by atoms with Crippen molar-refractivity contribution in [3.63, 3.8) is 0 Å². The minimum atomic E-state index is -0.433. The maximum Gasteiger partial charge on any atom is 0.303 e. The number of fused-ring (bicyclic) bond motifs is 2. The minimum Gasteiger partial charge on any atom is -0.369 e. The van der Waals surface area contributed by atoms with Crippen molar-refractivity contribution < 1.29 is 4.92 Å². The molecule has 0 fully saturated rings. The van der Waals surface area contributed by atoms with E-state index < -0.39 is 4.92 Å². The Balaban J connectivity index is 2.32. The highest BCUT2D eigenvalue weighted by Gasteiger charge is 2.19. The first-order valence-corrected chi connectivity index (χ1v) is 6.45. The summed E-state index contributed by atoms with van der Waals surface area (Å²) in [6, 6.07) is 3.39. The molecule has 0 saturated heterocycles. The van der Waals surface area contributed by atoms with Crippen LogP contribution in [-0.4, -0.2) is 45.2 Å². The van der Waals surface area contributed by atoms with Crippen molar-refractivity contribution >= 4 is 39.6 Å². The Morgan fingerprint density at radius 3 is 2.86 bits per heavy atom. The number of nitro groups is 1. The van der Waals surface area contributed by atoms with Gasteiger partial charge >= 0.3 is 5.69 Å². The SMILES string of the molecule is CN(C)C=Nc1ncc2cc3cnccc3c([N+](=O)[O-])c2n1. The van der Waals surface area contributed by atoms with Crippen LogP contribution in [0.25, 0.3) is 21.7 Å². The second-order valence-electron chi connectivity index (χ2n) is 4.90. The third-order valence-corrected chi connectivity index (χ3v) is 3.03. The smallest absolute Gasteiger partial charge is 0.303 e. The average molecular weight is 296 g/mol. The molecule has 0 N–H and O–H groups in total. The van der Waals surface area contributed by atoms with Gasteiger partial charge in [0, 0.05) is 43.5 Å². The summed E-state index contributed by atoms with van der Waals surface area (Å²) in [6.45, 7) is 0. The van der Waals surface area contributed by atoms with Gasteiger partial charge in [0.05, 0.1) is 16.6 Å². The molecule has 0 saturated carbocycles. The lowest BCUT2D eigenvalue weighted by Crippen LogP contribution is -2.07. The zero-order valence-electron chi connectivity index (χ0n) is 12.0. The van der Waals surface area contributed by atoms with Crippen LogP contribution in [0.15, 0.2) is 35.7 Å². The highest BCUT2D eigenvalue weighted by Crippen LogP contribution is 2.33. The Hall–Kier alpha value is -3.16. The molecule has 0 aliphatic heterocycles. The molecule has 0 spiro atoms. The molecule has 8 heteroatoms. The molecule has 22 heavy (non-hydrogen) atoms. The summed E-state index contributed by atoms with van der Waals surface area (Å²) in [5.74, 6) is 0.178. The molecule has 1 aromatic carbocycles. The average Bonchev–Trinajstić information content (AvgIpc) is 2.50. The molecule has 0 aliphatic rings. The number of aliphatic imine (C=N–C) groups is 1. The van der Waals surface area contributed by atoms with Crippen molar-refractivity contribution in [3.8, 4) is 0 Å². The Bertz CT molecular complexity index is 906. The largest absolute Gasteiger partial charge is 0.369 e. The lowest BCUT2D eigenvalue weighted by molar-refractivity contribution is -0.381. The van der Waals surface area contributed by atoms with Crippen LogP contribution in [0.1, 0.15) is 0 Å². The highest BCUT2D eigenvalue weighted by molar-refractivity contribution is 6.05. The summed E-state index contributed by atoms with van der Waals surface area (Å²) in [7, 11) is 3.63. The molecule has 2 aromatic heterocycles. The fraction of sp³-hybridized carbons (Fsp3) is 0.143. The van der Waals surface area contributed by atoms with Gasteiger partial charge in [0.1, 0.15) is 0 Å². The second kappa shape index (κ2) is 5.32. The summed E-state index contributed by atoms with van der Waals surface area (Å²) < 4.78 is 0. The molecule has 0 bridgehead atoms. The Labute approximate surface area is 125 Å². The Kier molecular flexibility index (Phi) is 3.34. The summed E-state index contributed by atoms with van der Waals surface area (Å²) in [6.07, 6.45) is 6.18. The highest BCUT2D eigenvalue weighted by atomic mass is 16.6. The molecular weight excluding hydrogens is 284 g/mol. The molecule has 0 amide bonds. The van der Waals surface area contributed by atoms with E-state index in [1.165, 1.54) is 18.7 Å². The van der Waals surface area contributed by atoms with Gasteiger partial charge in [-0.15, -0.1) is 0 Å². The predicted octanol–water partition coefficient (Wildman–Crippen LogP) is 2.31. The van der Waals surface area contributed by atoms with Gasteiger partial charge < -0.3 is 4.90 Å². The first-order chi connectivity index (χ1) is 10.6. The molecule has 0 atom stereocenters. The maximum absolute atomic E-state index is 11.5. The Morgan fingerprint density at radius 1 is 1.32 bits per heavy atom. The number of hydrogen-bond donors (Lipinski definition) is 0. The summed E-state index contributed by atoms with van der Waals surface area (Å²) in [5.41, 5.74) is 0.211. The van der Waals surface area contributed by atoms with Crippen LogP contribution in [-0.2, 0) is 0 Å². The van der Waals surface area contributed by atoms with Gasteiger partial charge in [-0.3, -0.25) is 15.1 Å². The van der Waals surface area contributed by atoms with Crippen molar-refractivity contribution in [2.75, 3.05) is 14.1 Å². The van der Waals surface area contributed by atoms with Crippen LogP contribution in [0, 0.1) is 10.1 Å². The van der Waals surface area contributed by atoms with Crippen LogP contribution in [0.2, 0.25) is 0 Å². The monoisotopic (exact) mass is 296 g/mol. The van der Waals surface area contributed by atoms with Gasteiger partial charge in [-0.05, 0) is 12.1 Å². The number of pyridine rings is 1. The van der Waals surface area contributed by atoms with Gasteiger partial charge in [-0.2, -0.15) is 0 Å². The normalized spacial score (nSPS) is 11.4. The summed E-state index contributed by atoms with van der Waals surface area (Å²) >= 11 is 0. The van der Waals surface area contributed by atoms with E-state index in [0.29, 0.717) is 16.2 Å². The van der Waals surface area contributed by atoms with Crippen LogP contribution < -0.4 is 0 Å². The summed E-state index contributed by atoms with van der Waals surface area (Å²) in [5, 5.41) is 13.2. The van der Waals surface area contributed by atoms with Crippen LogP contribution >= 0.6 is 0 Å². The standard InChI is InChI=1S/C14H12N6O2/c1-19(2)8-17-14-16-7-10-5-9-6-15-4-3-11(9)13(20(21)22)12(10)18-14/h3-8H,1-2H3. The number of benzene rings is 1. The number of nitro benzene ring substituents is 1. The van der Waals surface area contributed by atoms with Gasteiger partial charge in [0.25, 0.3) is 5.95 Å². The molecule has 0 unspecified atom stereocenters. The van der Waals surface area contributed by atoms with E-state index in [9.17, 15) is 10.1 Å². The van der Waals surface area contributed by atoms with Gasteiger partial charge in [0.2, 0.25) is 0 Å². The fourth-order valence-electron chi connectivity index (χ4n) is 2.12. The minimum absolute atomic E-state index is 0.0568. The lowest BCUT2D eigenvalue weighted by atomic mass is 10.1. The molecule has 0 aliphatic carbocycles. The second-order valence-corrected chi connectivity index (χ2v) is 4.90. The van der Waals surface area contributed by atoms with Crippen molar-refractivity contribution in [2.45, 2.75) is 0 Å². The van der Waals surface area contributed by atoms with E-state index in [1.807, 2.05) is 14.1 Å². The molecular formula is C14H12N6O2. The van der Waals surface area contributed by atoms with E-state index >= 15 is 0 Å². The topological polar surface area (TPSA) is 97.4 Å². The predicted molar refractivity (Wildman–Crippen MR) is 83.3 cm³/mol. The number of nitrogens with zero attached hydrogens (tertiary/aromatic N) is 6. The maximum atomic E-state index is 11.5. The van der Waals surface area contributed by atoms with Crippen molar-refractivity contribution in [1.29, 1.82) is 0 Å². The molecule has 3 aromatic rings. The number of hydrogen-bond acceptors (Lipinski definition) is 6. The van der Waals surface area contributed by atoms with E-state index in [1.54, 1.807) is 23.2 Å².